The van der Waals surface area contributed by atoms with E-state index in [1.807, 2.05) is 0 Å². The van der Waals surface area contributed by atoms with E-state index in [-0.39, 0.29) is 23.7 Å². The standard InChI is InChI=1S/C23H25FN2O2/c24-18-10-8-17(9-11-18)23(14-3-15-23)22(28)26-20-12-6-16(7-13-20)21(27)25-19-4-1-2-5-19/h6-13,19H,1-5,14-15H2,(H,25,27)(H,26,28). The number of carbonyl (C=O) groups excluding carboxylic acids is 2. The number of rotatable bonds is 5. The lowest BCUT2D eigenvalue weighted by Gasteiger charge is -2.40. The highest BCUT2D eigenvalue weighted by Crippen LogP contribution is 2.44. The molecule has 0 aromatic heterocycles. The predicted octanol–water partition coefficient (Wildman–Crippen LogP) is 4.56. The molecule has 2 aliphatic rings. The zero-order chi connectivity index (χ0) is 19.6. The van der Waals surface area contributed by atoms with Crippen molar-refractivity contribution in [2.24, 2.45) is 0 Å². The molecule has 5 heteroatoms. The molecule has 2 aromatic carbocycles. The van der Waals surface area contributed by atoms with Gasteiger partial charge in [-0.05, 0) is 67.6 Å². The summed E-state index contributed by atoms with van der Waals surface area (Å²) in [5.74, 6) is -0.440. The molecule has 2 amide bonds. The zero-order valence-electron chi connectivity index (χ0n) is 15.8. The van der Waals surface area contributed by atoms with Crippen LogP contribution in [0.4, 0.5) is 10.1 Å². The maximum absolute atomic E-state index is 13.2. The number of halogens is 1. The van der Waals surface area contributed by atoms with Crippen molar-refractivity contribution in [1.82, 2.24) is 5.32 Å². The van der Waals surface area contributed by atoms with Gasteiger partial charge in [0, 0.05) is 17.3 Å². The van der Waals surface area contributed by atoms with Gasteiger partial charge in [0.15, 0.2) is 0 Å². The van der Waals surface area contributed by atoms with Crippen LogP contribution < -0.4 is 10.6 Å². The molecule has 0 radical (unpaired) electrons. The summed E-state index contributed by atoms with van der Waals surface area (Å²) < 4.78 is 13.2. The SMILES string of the molecule is O=C(NC1CCCC1)c1ccc(NC(=O)C2(c3ccc(F)cc3)CCC2)cc1. The molecule has 0 unspecified atom stereocenters. The summed E-state index contributed by atoms with van der Waals surface area (Å²) in [6, 6.07) is 13.5. The molecule has 4 nitrogen and oxygen atoms in total. The molecule has 0 saturated heterocycles. The quantitative estimate of drug-likeness (QED) is 0.799. The molecule has 2 saturated carbocycles. The number of nitrogens with one attached hydrogen (secondary N) is 2. The Morgan fingerprint density at radius 3 is 2.11 bits per heavy atom. The summed E-state index contributed by atoms with van der Waals surface area (Å²) in [6.07, 6.45) is 6.93. The van der Waals surface area contributed by atoms with Crippen LogP contribution in [-0.2, 0) is 10.2 Å². The summed E-state index contributed by atoms with van der Waals surface area (Å²) >= 11 is 0. The number of hydrogen-bond donors (Lipinski definition) is 2. The molecule has 2 fully saturated rings. The number of benzene rings is 2. The van der Waals surface area contributed by atoms with Gasteiger partial charge in [-0.3, -0.25) is 9.59 Å². The molecule has 2 N–H and O–H groups in total. The Morgan fingerprint density at radius 2 is 1.54 bits per heavy atom. The summed E-state index contributed by atoms with van der Waals surface area (Å²) in [5.41, 5.74) is 1.52. The second-order valence-electron chi connectivity index (χ2n) is 7.93. The normalized spacial score (nSPS) is 18.3. The molecule has 2 aromatic rings. The molecule has 2 aliphatic carbocycles. The third-order valence-electron chi connectivity index (χ3n) is 6.13. The van der Waals surface area contributed by atoms with Gasteiger partial charge in [0.2, 0.25) is 5.91 Å². The van der Waals surface area contributed by atoms with Crippen molar-refractivity contribution in [2.75, 3.05) is 5.32 Å². The second-order valence-corrected chi connectivity index (χ2v) is 7.93. The monoisotopic (exact) mass is 380 g/mol. The van der Waals surface area contributed by atoms with Gasteiger partial charge in [0.1, 0.15) is 5.82 Å². The van der Waals surface area contributed by atoms with E-state index >= 15 is 0 Å². The van der Waals surface area contributed by atoms with Crippen molar-refractivity contribution < 1.29 is 14.0 Å². The molecular weight excluding hydrogens is 355 g/mol. The average Bonchev–Trinajstić information content (AvgIpc) is 3.16. The first-order chi connectivity index (χ1) is 13.6. The van der Waals surface area contributed by atoms with E-state index in [0.717, 1.165) is 37.7 Å². The molecule has 28 heavy (non-hydrogen) atoms. The van der Waals surface area contributed by atoms with E-state index in [1.165, 1.54) is 25.0 Å². The minimum absolute atomic E-state index is 0.0634. The fourth-order valence-corrected chi connectivity index (χ4v) is 4.24. The highest BCUT2D eigenvalue weighted by molar-refractivity contribution is 6.00. The summed E-state index contributed by atoms with van der Waals surface area (Å²) in [6.45, 7) is 0. The Bertz CT molecular complexity index is 851. The van der Waals surface area contributed by atoms with E-state index in [4.69, 9.17) is 0 Å². The van der Waals surface area contributed by atoms with Crippen LogP contribution in [0.25, 0.3) is 0 Å². The van der Waals surface area contributed by atoms with Crippen LogP contribution in [0.5, 0.6) is 0 Å². The first-order valence-electron chi connectivity index (χ1n) is 10.1. The van der Waals surface area contributed by atoms with E-state index in [0.29, 0.717) is 11.3 Å². The van der Waals surface area contributed by atoms with Gasteiger partial charge in [-0.25, -0.2) is 4.39 Å². The Kier molecular flexibility index (Phi) is 5.16. The largest absolute Gasteiger partial charge is 0.349 e. The van der Waals surface area contributed by atoms with Gasteiger partial charge < -0.3 is 10.6 Å². The van der Waals surface area contributed by atoms with Crippen molar-refractivity contribution in [3.8, 4) is 0 Å². The van der Waals surface area contributed by atoms with Crippen molar-refractivity contribution >= 4 is 17.5 Å². The highest BCUT2D eigenvalue weighted by atomic mass is 19.1. The topological polar surface area (TPSA) is 58.2 Å². The number of amides is 2. The zero-order valence-corrected chi connectivity index (χ0v) is 15.8. The minimum Gasteiger partial charge on any atom is -0.349 e. The Balaban J connectivity index is 1.42. The Morgan fingerprint density at radius 1 is 0.893 bits per heavy atom. The molecule has 0 spiro atoms. The number of carbonyl (C=O) groups is 2. The molecule has 0 atom stereocenters. The third kappa shape index (κ3) is 3.66. The van der Waals surface area contributed by atoms with Crippen LogP contribution >= 0.6 is 0 Å². The van der Waals surface area contributed by atoms with E-state index in [9.17, 15) is 14.0 Å². The van der Waals surface area contributed by atoms with E-state index in [1.54, 1.807) is 36.4 Å². The van der Waals surface area contributed by atoms with Gasteiger partial charge in [0.25, 0.3) is 5.91 Å². The van der Waals surface area contributed by atoms with Gasteiger partial charge >= 0.3 is 0 Å². The van der Waals surface area contributed by atoms with Crippen LogP contribution in [-0.4, -0.2) is 17.9 Å². The van der Waals surface area contributed by atoms with Crippen molar-refractivity contribution in [1.29, 1.82) is 0 Å². The van der Waals surface area contributed by atoms with Crippen LogP contribution in [0.1, 0.15) is 60.9 Å². The molecule has 0 bridgehead atoms. The van der Waals surface area contributed by atoms with Crippen molar-refractivity contribution in [2.45, 2.75) is 56.4 Å². The lowest BCUT2D eigenvalue weighted by atomic mass is 9.64. The van der Waals surface area contributed by atoms with Crippen LogP contribution in [0.15, 0.2) is 48.5 Å². The fourth-order valence-electron chi connectivity index (χ4n) is 4.24. The molecule has 0 heterocycles. The van der Waals surface area contributed by atoms with E-state index < -0.39 is 5.41 Å². The minimum atomic E-state index is -0.591. The van der Waals surface area contributed by atoms with Crippen LogP contribution in [0, 0.1) is 5.82 Å². The first-order valence-corrected chi connectivity index (χ1v) is 10.1. The predicted molar refractivity (Wildman–Crippen MR) is 107 cm³/mol. The summed E-state index contributed by atoms with van der Waals surface area (Å²) in [4.78, 5) is 25.3. The fraction of sp³-hybridized carbons (Fsp3) is 0.391. The number of hydrogen-bond acceptors (Lipinski definition) is 2. The van der Waals surface area contributed by atoms with E-state index in [2.05, 4.69) is 10.6 Å². The lowest BCUT2D eigenvalue weighted by molar-refractivity contribution is -0.124. The Hall–Kier alpha value is -2.69. The molecule has 146 valence electrons. The van der Waals surface area contributed by atoms with Crippen molar-refractivity contribution in [3.05, 3.63) is 65.5 Å². The van der Waals surface area contributed by atoms with Gasteiger partial charge in [-0.2, -0.15) is 0 Å². The van der Waals surface area contributed by atoms with Crippen LogP contribution in [0.2, 0.25) is 0 Å². The third-order valence-corrected chi connectivity index (χ3v) is 6.13. The smallest absolute Gasteiger partial charge is 0.251 e. The van der Waals surface area contributed by atoms with Gasteiger partial charge in [-0.15, -0.1) is 0 Å². The molecule has 0 aliphatic heterocycles. The summed E-state index contributed by atoms with van der Waals surface area (Å²) in [7, 11) is 0. The first kappa shape index (κ1) is 18.7. The lowest BCUT2D eigenvalue weighted by Crippen LogP contribution is -2.46. The van der Waals surface area contributed by atoms with Crippen molar-refractivity contribution in [3.63, 3.8) is 0 Å². The molecule has 4 rings (SSSR count). The number of anilines is 1. The highest BCUT2D eigenvalue weighted by Gasteiger charge is 2.45. The Labute approximate surface area is 164 Å². The van der Waals surface area contributed by atoms with Gasteiger partial charge in [-0.1, -0.05) is 31.4 Å². The second kappa shape index (κ2) is 7.74. The summed E-state index contributed by atoms with van der Waals surface area (Å²) in [5, 5.41) is 6.04. The maximum atomic E-state index is 13.2. The van der Waals surface area contributed by atoms with Gasteiger partial charge in [0.05, 0.1) is 5.41 Å². The molecular formula is C23H25FN2O2. The average molecular weight is 380 g/mol. The van der Waals surface area contributed by atoms with Crippen LogP contribution in [0.3, 0.4) is 0 Å². The maximum Gasteiger partial charge on any atom is 0.251 e.